The summed E-state index contributed by atoms with van der Waals surface area (Å²) in [6, 6.07) is 1.80. The van der Waals surface area contributed by atoms with Gasteiger partial charge in [-0.2, -0.15) is 0 Å². The largest absolute Gasteiger partial charge is 0.469 e. The van der Waals surface area contributed by atoms with Crippen molar-refractivity contribution in [3.8, 4) is 0 Å². The molecule has 2 aliphatic carbocycles. The van der Waals surface area contributed by atoms with Crippen molar-refractivity contribution in [2.75, 3.05) is 0 Å². The van der Waals surface area contributed by atoms with Crippen LogP contribution in [0.4, 0.5) is 0 Å². The van der Waals surface area contributed by atoms with Crippen molar-refractivity contribution in [1.29, 1.82) is 0 Å². The molecular weight excluding hydrogens is 140 g/mol. The third-order valence-electron chi connectivity index (χ3n) is 2.82. The first-order chi connectivity index (χ1) is 5.32. The van der Waals surface area contributed by atoms with Crippen molar-refractivity contribution in [2.24, 2.45) is 5.41 Å². The lowest BCUT2D eigenvalue weighted by atomic mass is 10.0. The minimum Gasteiger partial charge on any atom is -0.469 e. The van der Waals surface area contributed by atoms with Gasteiger partial charge in [-0.05, 0) is 18.9 Å². The minimum atomic E-state index is 0.00935. The predicted octanol–water partition coefficient (Wildman–Crippen LogP) is 1.80. The van der Waals surface area contributed by atoms with Gasteiger partial charge in [0.2, 0.25) is 0 Å². The molecule has 0 aromatic carbocycles. The van der Waals surface area contributed by atoms with E-state index in [0.29, 0.717) is 5.78 Å². The van der Waals surface area contributed by atoms with Crippen LogP contribution in [-0.2, 0) is 6.42 Å². The SMILES string of the molecule is O=C1c2ccoc2CC12CC2. The molecule has 0 aliphatic heterocycles. The Bertz CT molecular complexity index is 331. The Morgan fingerprint density at radius 1 is 1.45 bits per heavy atom. The number of carbonyl (C=O) groups excluding carboxylic acids is 1. The normalized spacial score (nSPS) is 24.2. The van der Waals surface area contributed by atoms with Crippen molar-refractivity contribution >= 4 is 5.78 Å². The Hall–Kier alpha value is -1.05. The molecule has 0 unspecified atom stereocenters. The van der Waals surface area contributed by atoms with Gasteiger partial charge >= 0.3 is 0 Å². The summed E-state index contributed by atoms with van der Waals surface area (Å²) in [6.45, 7) is 0. The lowest BCUT2D eigenvalue weighted by molar-refractivity contribution is 0.0918. The standard InChI is InChI=1S/C9H8O2/c10-8-6-1-4-11-7(6)5-9(8)2-3-9/h1,4H,2-3,5H2. The highest BCUT2D eigenvalue weighted by molar-refractivity contribution is 6.05. The number of Topliss-reactive ketones (excluding diaryl/α,β-unsaturated/α-hetero) is 1. The Balaban J connectivity index is 2.19. The Labute approximate surface area is 64.2 Å². The zero-order chi connectivity index (χ0) is 7.47. The smallest absolute Gasteiger partial charge is 0.172 e. The molecule has 11 heavy (non-hydrogen) atoms. The second-order valence-corrected chi connectivity index (χ2v) is 3.54. The van der Waals surface area contributed by atoms with Gasteiger partial charge in [0, 0.05) is 11.8 Å². The van der Waals surface area contributed by atoms with E-state index in [4.69, 9.17) is 4.42 Å². The van der Waals surface area contributed by atoms with Gasteiger partial charge in [-0.15, -0.1) is 0 Å². The van der Waals surface area contributed by atoms with E-state index < -0.39 is 0 Å². The summed E-state index contributed by atoms with van der Waals surface area (Å²) in [4.78, 5) is 11.6. The molecule has 1 spiro atoms. The van der Waals surface area contributed by atoms with Crippen LogP contribution in [0.5, 0.6) is 0 Å². The Kier molecular flexibility index (Phi) is 0.721. The number of furan rings is 1. The van der Waals surface area contributed by atoms with Gasteiger partial charge in [-0.3, -0.25) is 4.79 Å². The van der Waals surface area contributed by atoms with E-state index in [1.54, 1.807) is 12.3 Å². The lowest BCUT2D eigenvalue weighted by Crippen LogP contribution is -2.08. The molecule has 0 N–H and O–H groups in total. The van der Waals surface area contributed by atoms with Crippen LogP contribution in [-0.4, -0.2) is 5.78 Å². The summed E-state index contributed by atoms with van der Waals surface area (Å²) in [5.74, 6) is 1.23. The molecular formula is C9H8O2. The maximum Gasteiger partial charge on any atom is 0.172 e. The van der Waals surface area contributed by atoms with E-state index in [1.165, 1.54) is 0 Å². The van der Waals surface area contributed by atoms with Crippen LogP contribution >= 0.6 is 0 Å². The van der Waals surface area contributed by atoms with Gasteiger partial charge in [-0.25, -0.2) is 0 Å². The molecule has 1 aromatic heterocycles. The maximum absolute atomic E-state index is 11.6. The third kappa shape index (κ3) is 0.516. The minimum absolute atomic E-state index is 0.00935. The first-order valence-corrected chi connectivity index (χ1v) is 3.93. The van der Waals surface area contributed by atoms with Gasteiger partial charge in [0.05, 0.1) is 11.8 Å². The van der Waals surface area contributed by atoms with E-state index in [0.717, 1.165) is 30.6 Å². The fourth-order valence-corrected chi connectivity index (χ4v) is 1.91. The summed E-state index contributed by atoms with van der Waals surface area (Å²) in [6.07, 6.45) is 4.60. The van der Waals surface area contributed by atoms with E-state index >= 15 is 0 Å². The van der Waals surface area contributed by atoms with Crippen LogP contribution in [0.1, 0.15) is 29.0 Å². The quantitative estimate of drug-likeness (QED) is 0.561. The number of carbonyl (C=O) groups is 1. The van der Waals surface area contributed by atoms with Crippen molar-refractivity contribution in [3.63, 3.8) is 0 Å². The average molecular weight is 148 g/mol. The van der Waals surface area contributed by atoms with Crippen LogP contribution in [0.3, 0.4) is 0 Å². The number of hydrogen-bond acceptors (Lipinski definition) is 2. The van der Waals surface area contributed by atoms with Gasteiger partial charge in [0.25, 0.3) is 0 Å². The zero-order valence-corrected chi connectivity index (χ0v) is 6.09. The van der Waals surface area contributed by atoms with Gasteiger partial charge < -0.3 is 4.42 Å². The highest BCUT2D eigenvalue weighted by atomic mass is 16.3. The highest BCUT2D eigenvalue weighted by Crippen LogP contribution is 2.55. The molecule has 0 atom stereocenters. The summed E-state index contributed by atoms with van der Waals surface area (Å²) in [7, 11) is 0. The second kappa shape index (κ2) is 1.42. The van der Waals surface area contributed by atoms with Crippen LogP contribution in [0.2, 0.25) is 0 Å². The molecule has 0 saturated heterocycles. The Morgan fingerprint density at radius 3 is 2.91 bits per heavy atom. The molecule has 0 radical (unpaired) electrons. The van der Waals surface area contributed by atoms with E-state index in [1.807, 2.05) is 0 Å². The van der Waals surface area contributed by atoms with Crippen LogP contribution in [0, 0.1) is 5.41 Å². The van der Waals surface area contributed by atoms with Crippen LogP contribution in [0.25, 0.3) is 0 Å². The second-order valence-electron chi connectivity index (χ2n) is 3.54. The summed E-state index contributed by atoms with van der Waals surface area (Å²) in [5.41, 5.74) is 0.845. The van der Waals surface area contributed by atoms with Crippen LogP contribution < -0.4 is 0 Å². The van der Waals surface area contributed by atoms with Gasteiger partial charge in [0.15, 0.2) is 5.78 Å². The lowest BCUT2D eigenvalue weighted by Gasteiger charge is -1.98. The molecule has 2 nitrogen and oxygen atoms in total. The molecule has 1 aromatic rings. The third-order valence-corrected chi connectivity index (χ3v) is 2.82. The molecule has 2 aliphatic rings. The van der Waals surface area contributed by atoms with Gasteiger partial charge in [0.1, 0.15) is 5.76 Å². The monoisotopic (exact) mass is 148 g/mol. The van der Waals surface area contributed by atoms with Crippen LogP contribution in [0.15, 0.2) is 16.7 Å². The molecule has 1 fully saturated rings. The van der Waals surface area contributed by atoms with E-state index in [-0.39, 0.29) is 5.41 Å². The summed E-state index contributed by atoms with van der Waals surface area (Å²) < 4.78 is 5.20. The fourth-order valence-electron chi connectivity index (χ4n) is 1.91. The molecule has 1 saturated carbocycles. The predicted molar refractivity (Wildman–Crippen MR) is 38.4 cm³/mol. The van der Waals surface area contributed by atoms with Crippen molar-refractivity contribution in [1.82, 2.24) is 0 Å². The van der Waals surface area contributed by atoms with E-state index in [2.05, 4.69) is 0 Å². The molecule has 56 valence electrons. The highest BCUT2D eigenvalue weighted by Gasteiger charge is 2.55. The van der Waals surface area contributed by atoms with Crippen molar-refractivity contribution in [3.05, 3.63) is 23.7 Å². The van der Waals surface area contributed by atoms with Crippen molar-refractivity contribution < 1.29 is 9.21 Å². The van der Waals surface area contributed by atoms with E-state index in [9.17, 15) is 4.79 Å². The zero-order valence-electron chi connectivity index (χ0n) is 6.09. The molecule has 1 heterocycles. The number of rotatable bonds is 0. The Morgan fingerprint density at radius 2 is 2.27 bits per heavy atom. The molecule has 3 rings (SSSR count). The number of ketones is 1. The van der Waals surface area contributed by atoms with Crippen molar-refractivity contribution in [2.45, 2.75) is 19.3 Å². The topological polar surface area (TPSA) is 30.2 Å². The molecule has 0 bridgehead atoms. The molecule has 0 amide bonds. The first kappa shape index (κ1) is 5.58. The average Bonchev–Trinajstić information content (AvgIpc) is 2.53. The maximum atomic E-state index is 11.6. The van der Waals surface area contributed by atoms with Gasteiger partial charge in [-0.1, -0.05) is 0 Å². The fraction of sp³-hybridized carbons (Fsp3) is 0.444. The number of fused-ring (bicyclic) bond motifs is 1. The first-order valence-electron chi connectivity index (χ1n) is 3.93. The number of hydrogen-bond donors (Lipinski definition) is 0. The summed E-state index contributed by atoms with van der Waals surface area (Å²) >= 11 is 0. The molecule has 2 heteroatoms. The summed E-state index contributed by atoms with van der Waals surface area (Å²) in [5, 5.41) is 0.